The summed E-state index contributed by atoms with van der Waals surface area (Å²) in [4.78, 5) is 31.9. The minimum atomic E-state index is -1.08. The van der Waals surface area contributed by atoms with E-state index in [9.17, 15) is 24.5 Å². The number of allylic oxidation sites excluding steroid dienone is 1. The van der Waals surface area contributed by atoms with E-state index in [0.29, 0.717) is 17.0 Å². The van der Waals surface area contributed by atoms with E-state index in [1.807, 2.05) is 23.9 Å². The van der Waals surface area contributed by atoms with Gasteiger partial charge in [-0.3, -0.25) is 14.5 Å². The zero-order valence-electron chi connectivity index (χ0n) is 20.0. The molecule has 0 spiro atoms. The second kappa shape index (κ2) is 11.2. The Morgan fingerprint density at radius 2 is 2.19 bits per heavy atom. The molecule has 0 atom stereocenters. The van der Waals surface area contributed by atoms with Gasteiger partial charge in [0, 0.05) is 18.4 Å². The van der Waals surface area contributed by atoms with Crippen LogP contribution in [0.5, 0.6) is 0 Å². The number of hydrogen-bond acceptors (Lipinski definition) is 8. The predicted molar refractivity (Wildman–Crippen MR) is 139 cm³/mol. The summed E-state index contributed by atoms with van der Waals surface area (Å²) in [5, 5.41) is 25.8. The van der Waals surface area contributed by atoms with E-state index in [1.165, 1.54) is 27.6 Å². The highest BCUT2D eigenvalue weighted by Gasteiger charge is 2.23. The number of halogens is 1. The Morgan fingerprint density at radius 1 is 1.41 bits per heavy atom. The molecule has 1 aliphatic rings. The summed E-state index contributed by atoms with van der Waals surface area (Å²) >= 11 is 1.81. The van der Waals surface area contributed by atoms with Crippen LogP contribution >= 0.6 is 11.8 Å². The van der Waals surface area contributed by atoms with Crippen molar-refractivity contribution >= 4 is 40.8 Å². The largest absolute Gasteiger partial charge is 0.316 e. The Morgan fingerprint density at radius 3 is 2.81 bits per heavy atom. The molecule has 10 nitrogen and oxygen atoms in total. The molecule has 0 radical (unpaired) electrons. The fourth-order valence-electron chi connectivity index (χ4n) is 4.04. The average Bonchev–Trinajstić information content (AvgIpc) is 3.35. The highest BCUT2D eigenvalue weighted by atomic mass is 32.2. The Kier molecular flexibility index (Phi) is 7.82. The predicted octanol–water partition coefficient (Wildman–Crippen LogP) is 2.68. The van der Waals surface area contributed by atoms with Gasteiger partial charge in [0.1, 0.15) is 23.8 Å². The first-order chi connectivity index (χ1) is 17.9. The number of carbonyl (C=O) groups is 1. The van der Waals surface area contributed by atoms with Gasteiger partial charge in [0.15, 0.2) is 6.04 Å². The van der Waals surface area contributed by atoms with Gasteiger partial charge in [-0.15, -0.1) is 0 Å². The van der Waals surface area contributed by atoms with Crippen LogP contribution in [0, 0.1) is 28.5 Å². The lowest BCUT2D eigenvalue weighted by molar-refractivity contribution is -0.116. The van der Waals surface area contributed by atoms with Gasteiger partial charge >= 0.3 is 0 Å². The number of pyridine rings is 1. The second-order valence-electron chi connectivity index (χ2n) is 8.30. The minimum absolute atomic E-state index is 0.0441. The molecule has 0 bridgehead atoms. The number of nitrogens with one attached hydrogen (secondary N) is 1. The lowest BCUT2D eigenvalue weighted by Gasteiger charge is -2.21. The lowest BCUT2D eigenvalue weighted by atomic mass is 10.1. The smallest absolute Gasteiger partial charge is 0.279 e. The maximum atomic E-state index is 13.6. The molecule has 188 valence electrons. The number of carbonyl (C=O) groups excluding carboxylic acids is 1. The molecule has 0 aromatic carbocycles. The van der Waals surface area contributed by atoms with Crippen molar-refractivity contribution in [2.45, 2.75) is 25.6 Å². The van der Waals surface area contributed by atoms with Crippen molar-refractivity contribution in [3.8, 4) is 12.1 Å². The first-order valence-corrected chi connectivity index (χ1v) is 12.5. The quantitative estimate of drug-likeness (QED) is 0.481. The SMILES string of the molecule is C=Cc1c(CN(C)C(C#N)C#N)c(=O)n2nc(C3=CCSCC3)cc2n1CC(=O)Nc1ccc(F)cn1. The summed E-state index contributed by atoms with van der Waals surface area (Å²) in [6.45, 7) is 3.59. The first kappa shape index (κ1) is 25.8. The van der Waals surface area contributed by atoms with Gasteiger partial charge in [-0.25, -0.2) is 9.37 Å². The summed E-state index contributed by atoms with van der Waals surface area (Å²) in [5.41, 5.74) is 2.21. The van der Waals surface area contributed by atoms with Gasteiger partial charge in [0.05, 0.1) is 35.3 Å². The van der Waals surface area contributed by atoms with Crippen LogP contribution in [0.15, 0.2) is 41.8 Å². The normalized spacial score (nSPS) is 13.3. The molecule has 0 saturated carbocycles. The van der Waals surface area contributed by atoms with Crippen molar-refractivity contribution in [3.63, 3.8) is 0 Å². The minimum Gasteiger partial charge on any atom is -0.316 e. The molecule has 1 N–H and O–H groups in total. The van der Waals surface area contributed by atoms with Crippen LogP contribution in [-0.2, 0) is 17.9 Å². The third kappa shape index (κ3) is 5.45. The third-order valence-electron chi connectivity index (χ3n) is 5.89. The first-order valence-electron chi connectivity index (χ1n) is 11.3. The van der Waals surface area contributed by atoms with Crippen molar-refractivity contribution in [1.29, 1.82) is 10.5 Å². The van der Waals surface area contributed by atoms with Crippen LogP contribution in [-0.4, -0.2) is 54.6 Å². The molecule has 4 rings (SSSR count). The van der Waals surface area contributed by atoms with Crippen LogP contribution in [0.25, 0.3) is 17.3 Å². The Bertz CT molecular complexity index is 1510. The highest BCUT2D eigenvalue weighted by molar-refractivity contribution is 7.99. The maximum absolute atomic E-state index is 13.6. The zero-order chi connectivity index (χ0) is 26.5. The van der Waals surface area contributed by atoms with Gasteiger partial charge in [0.25, 0.3) is 5.56 Å². The fourth-order valence-corrected chi connectivity index (χ4v) is 4.89. The molecule has 0 fully saturated rings. The Labute approximate surface area is 216 Å². The van der Waals surface area contributed by atoms with Crippen LogP contribution in [0.1, 0.15) is 23.4 Å². The van der Waals surface area contributed by atoms with Gasteiger partial charge < -0.3 is 9.88 Å². The van der Waals surface area contributed by atoms with Crippen LogP contribution < -0.4 is 10.9 Å². The molecule has 4 heterocycles. The van der Waals surface area contributed by atoms with E-state index in [1.54, 1.807) is 17.7 Å². The van der Waals surface area contributed by atoms with E-state index >= 15 is 0 Å². The van der Waals surface area contributed by atoms with E-state index in [4.69, 9.17) is 0 Å². The number of nitrogens with zero attached hydrogens (tertiary/aromatic N) is 7. The average molecular weight is 519 g/mol. The fraction of sp³-hybridized carbons (Fsp3) is 0.280. The van der Waals surface area contributed by atoms with Crippen molar-refractivity contribution in [3.05, 3.63) is 70.2 Å². The third-order valence-corrected chi connectivity index (χ3v) is 6.79. The number of hydrogen-bond donors (Lipinski definition) is 1. The van der Waals surface area contributed by atoms with Crippen LogP contribution in [0.4, 0.5) is 10.2 Å². The monoisotopic (exact) mass is 518 g/mol. The molecule has 0 aliphatic carbocycles. The summed E-state index contributed by atoms with van der Waals surface area (Å²) in [7, 11) is 1.56. The Hall–Kier alpha value is -4.26. The topological polar surface area (TPSA) is 132 Å². The maximum Gasteiger partial charge on any atom is 0.279 e. The second-order valence-corrected chi connectivity index (χ2v) is 9.45. The molecular formula is C25H23FN8O2S. The highest BCUT2D eigenvalue weighted by Crippen LogP contribution is 2.26. The molecular weight excluding hydrogens is 495 g/mol. The molecule has 3 aromatic heterocycles. The number of fused-ring (bicyclic) bond motifs is 1. The number of amides is 1. The van der Waals surface area contributed by atoms with Gasteiger partial charge in [-0.05, 0) is 43.0 Å². The van der Waals surface area contributed by atoms with E-state index in [0.717, 1.165) is 29.7 Å². The molecule has 37 heavy (non-hydrogen) atoms. The number of aromatic nitrogens is 4. The summed E-state index contributed by atoms with van der Waals surface area (Å²) < 4.78 is 16.1. The van der Waals surface area contributed by atoms with Gasteiger partial charge in [-0.1, -0.05) is 12.7 Å². The standard InChI is InChI=1S/C25H23FN8O2S/c1-3-21-19(14-32(2)18(11-27)12-28)25(36)34-24(10-20(31-34)16-6-8-37-9-7-16)33(21)15-23(35)30-22-5-4-17(26)13-29-22/h3-6,10,13,18H,1,7-9,14-15H2,2H3,(H,29,30,35). The molecule has 0 saturated heterocycles. The van der Waals surface area contributed by atoms with Crippen molar-refractivity contribution in [1.82, 2.24) is 24.1 Å². The number of rotatable bonds is 8. The number of nitriles is 2. The zero-order valence-corrected chi connectivity index (χ0v) is 20.8. The van der Waals surface area contributed by atoms with E-state index in [-0.39, 0.29) is 24.5 Å². The molecule has 1 aliphatic heterocycles. The molecule has 1 amide bonds. The van der Waals surface area contributed by atoms with Gasteiger partial charge in [0.2, 0.25) is 5.91 Å². The summed E-state index contributed by atoms with van der Waals surface area (Å²) in [5.74, 6) is 0.967. The van der Waals surface area contributed by atoms with Crippen LogP contribution in [0.2, 0.25) is 0 Å². The Balaban J connectivity index is 1.83. The lowest BCUT2D eigenvalue weighted by Crippen LogP contribution is -2.35. The molecule has 12 heteroatoms. The van der Waals surface area contributed by atoms with Crippen molar-refractivity contribution in [2.24, 2.45) is 0 Å². The number of thioether (sulfide) groups is 1. The number of anilines is 1. The van der Waals surface area contributed by atoms with E-state index in [2.05, 4.69) is 28.1 Å². The summed E-state index contributed by atoms with van der Waals surface area (Å²) in [6.07, 6.45) is 5.34. The molecule has 3 aromatic rings. The van der Waals surface area contributed by atoms with Crippen molar-refractivity contribution < 1.29 is 9.18 Å². The van der Waals surface area contributed by atoms with E-state index < -0.39 is 23.3 Å². The molecule has 0 unspecified atom stereocenters. The van der Waals surface area contributed by atoms with Crippen molar-refractivity contribution in [2.75, 3.05) is 23.9 Å². The van der Waals surface area contributed by atoms with Gasteiger partial charge in [-0.2, -0.15) is 31.9 Å². The summed E-state index contributed by atoms with van der Waals surface area (Å²) in [6, 6.07) is 7.00. The van der Waals surface area contributed by atoms with Crippen LogP contribution in [0.3, 0.4) is 0 Å².